The highest BCUT2D eigenvalue weighted by Gasteiger charge is 2.17. The number of hydrogen-bond acceptors (Lipinski definition) is 2. The molecule has 1 N–H and O–H groups in total. The van der Waals surface area contributed by atoms with Crippen molar-refractivity contribution in [1.29, 1.82) is 0 Å². The van der Waals surface area contributed by atoms with Crippen LogP contribution >= 0.6 is 11.6 Å². The van der Waals surface area contributed by atoms with E-state index in [9.17, 15) is 4.39 Å². The molecule has 2 nitrogen and oxygen atoms in total. The Morgan fingerprint density at radius 3 is 2.94 bits per heavy atom. The Labute approximate surface area is 113 Å². The van der Waals surface area contributed by atoms with Crippen LogP contribution in [0.4, 0.5) is 4.39 Å². The second kappa shape index (κ2) is 6.50. The van der Waals surface area contributed by atoms with Crippen molar-refractivity contribution in [3.63, 3.8) is 0 Å². The van der Waals surface area contributed by atoms with Gasteiger partial charge in [0, 0.05) is 19.1 Å². The van der Waals surface area contributed by atoms with Crippen molar-refractivity contribution < 1.29 is 4.39 Å². The number of nitrogens with one attached hydrogen (secondary N) is 1. The molecule has 0 aromatic heterocycles. The van der Waals surface area contributed by atoms with Gasteiger partial charge >= 0.3 is 0 Å². The lowest BCUT2D eigenvalue weighted by atomic mass is 10.1. The molecule has 1 heterocycles. The molecule has 0 spiro atoms. The van der Waals surface area contributed by atoms with Gasteiger partial charge in [0.05, 0.1) is 5.02 Å². The van der Waals surface area contributed by atoms with Gasteiger partial charge in [0.15, 0.2) is 0 Å². The number of benzene rings is 1. The molecule has 2 rings (SSSR count). The number of likely N-dealkylation sites (N-methyl/N-ethyl adjacent to an activating group) is 1. The maximum Gasteiger partial charge on any atom is 0.141 e. The summed E-state index contributed by atoms with van der Waals surface area (Å²) in [5.41, 5.74) is 1.07. The molecule has 1 fully saturated rings. The standard InChI is InChI=1S/C14H20ClFN2/c1-2-18(10-12-4-3-7-17-12)9-11-5-6-14(16)13(15)8-11/h5-6,8,12,17H,2-4,7,9-10H2,1H3. The van der Waals surface area contributed by atoms with Crippen LogP contribution in [0.15, 0.2) is 18.2 Å². The minimum atomic E-state index is -0.346. The summed E-state index contributed by atoms with van der Waals surface area (Å²) in [6.45, 7) is 6.15. The lowest BCUT2D eigenvalue weighted by Gasteiger charge is -2.24. The summed E-state index contributed by atoms with van der Waals surface area (Å²) < 4.78 is 13.1. The van der Waals surface area contributed by atoms with E-state index in [0.717, 1.165) is 31.7 Å². The maximum atomic E-state index is 13.1. The van der Waals surface area contributed by atoms with Crippen LogP contribution < -0.4 is 5.32 Å². The first-order chi connectivity index (χ1) is 8.69. The summed E-state index contributed by atoms with van der Waals surface area (Å²) in [5, 5.41) is 3.71. The lowest BCUT2D eigenvalue weighted by Crippen LogP contribution is -2.37. The number of halogens is 2. The predicted octanol–water partition coefficient (Wildman–Crippen LogP) is 3.05. The monoisotopic (exact) mass is 270 g/mol. The van der Waals surface area contributed by atoms with Crippen LogP contribution in [0.3, 0.4) is 0 Å². The molecule has 4 heteroatoms. The summed E-state index contributed by atoms with van der Waals surface area (Å²) in [6, 6.07) is 5.58. The summed E-state index contributed by atoms with van der Waals surface area (Å²) in [7, 11) is 0. The van der Waals surface area contributed by atoms with E-state index in [0.29, 0.717) is 6.04 Å². The lowest BCUT2D eigenvalue weighted by molar-refractivity contribution is 0.253. The van der Waals surface area contributed by atoms with Crippen molar-refractivity contribution in [2.24, 2.45) is 0 Å². The molecular weight excluding hydrogens is 251 g/mol. The van der Waals surface area contributed by atoms with E-state index in [1.807, 2.05) is 6.07 Å². The minimum absolute atomic E-state index is 0.211. The molecule has 0 amide bonds. The average Bonchev–Trinajstić information content (AvgIpc) is 2.86. The van der Waals surface area contributed by atoms with Crippen LogP contribution in [0.25, 0.3) is 0 Å². The van der Waals surface area contributed by atoms with Crippen molar-refractivity contribution in [2.75, 3.05) is 19.6 Å². The molecule has 1 aromatic rings. The van der Waals surface area contributed by atoms with Crippen LogP contribution in [0.2, 0.25) is 5.02 Å². The van der Waals surface area contributed by atoms with Gasteiger partial charge in [0.25, 0.3) is 0 Å². The summed E-state index contributed by atoms with van der Waals surface area (Å²) in [6.07, 6.45) is 2.52. The van der Waals surface area contributed by atoms with E-state index in [4.69, 9.17) is 11.6 Å². The summed E-state index contributed by atoms with van der Waals surface area (Å²) in [5.74, 6) is -0.346. The van der Waals surface area contributed by atoms with Gasteiger partial charge in [-0.2, -0.15) is 0 Å². The first-order valence-corrected chi connectivity index (χ1v) is 6.96. The molecule has 100 valence electrons. The highest BCUT2D eigenvalue weighted by Crippen LogP contribution is 2.17. The normalized spacial score (nSPS) is 19.7. The van der Waals surface area contributed by atoms with Gasteiger partial charge in [-0.25, -0.2) is 4.39 Å². The van der Waals surface area contributed by atoms with Crippen LogP contribution in [0.5, 0.6) is 0 Å². The van der Waals surface area contributed by atoms with Gasteiger partial charge < -0.3 is 5.32 Å². The fourth-order valence-electron chi connectivity index (χ4n) is 2.43. The number of hydrogen-bond donors (Lipinski definition) is 1. The molecule has 1 aliphatic rings. The Morgan fingerprint density at radius 1 is 1.50 bits per heavy atom. The summed E-state index contributed by atoms with van der Waals surface area (Å²) >= 11 is 5.80. The largest absolute Gasteiger partial charge is 0.313 e. The van der Waals surface area contributed by atoms with Crippen molar-refractivity contribution >= 4 is 11.6 Å². The molecule has 0 radical (unpaired) electrons. The molecule has 0 bridgehead atoms. The second-order valence-corrected chi connectivity index (χ2v) is 5.28. The molecule has 1 aliphatic heterocycles. The van der Waals surface area contributed by atoms with E-state index in [2.05, 4.69) is 17.1 Å². The van der Waals surface area contributed by atoms with Crippen LogP contribution in [-0.2, 0) is 6.54 Å². The Morgan fingerprint density at radius 2 is 2.33 bits per heavy atom. The Balaban J connectivity index is 1.94. The van der Waals surface area contributed by atoms with Crippen molar-refractivity contribution in [2.45, 2.75) is 32.4 Å². The zero-order valence-electron chi connectivity index (χ0n) is 10.8. The third-order valence-corrected chi connectivity index (χ3v) is 3.77. The first kappa shape index (κ1) is 13.8. The molecule has 1 unspecified atom stereocenters. The van der Waals surface area contributed by atoms with E-state index in [1.165, 1.54) is 18.9 Å². The zero-order chi connectivity index (χ0) is 13.0. The van der Waals surface area contributed by atoms with Crippen molar-refractivity contribution in [3.8, 4) is 0 Å². The minimum Gasteiger partial charge on any atom is -0.313 e. The van der Waals surface area contributed by atoms with Gasteiger partial charge in [0.1, 0.15) is 5.82 Å². The quantitative estimate of drug-likeness (QED) is 0.885. The van der Waals surface area contributed by atoms with Crippen LogP contribution in [0.1, 0.15) is 25.3 Å². The fraction of sp³-hybridized carbons (Fsp3) is 0.571. The third-order valence-electron chi connectivity index (χ3n) is 3.48. The zero-order valence-corrected chi connectivity index (χ0v) is 11.5. The van der Waals surface area contributed by atoms with Gasteiger partial charge in [0.2, 0.25) is 0 Å². The Hall–Kier alpha value is -0.640. The third kappa shape index (κ3) is 3.67. The number of rotatable bonds is 5. The van der Waals surface area contributed by atoms with Crippen LogP contribution in [-0.4, -0.2) is 30.6 Å². The topological polar surface area (TPSA) is 15.3 Å². The van der Waals surface area contributed by atoms with Gasteiger partial charge in [-0.15, -0.1) is 0 Å². The molecule has 1 saturated heterocycles. The maximum absolute atomic E-state index is 13.1. The number of nitrogens with zero attached hydrogens (tertiary/aromatic N) is 1. The fourth-order valence-corrected chi connectivity index (χ4v) is 2.63. The molecule has 18 heavy (non-hydrogen) atoms. The van der Waals surface area contributed by atoms with Crippen LogP contribution in [0, 0.1) is 5.82 Å². The van der Waals surface area contributed by atoms with Gasteiger partial charge in [-0.1, -0.05) is 24.6 Å². The Kier molecular flexibility index (Phi) is 4.98. The second-order valence-electron chi connectivity index (χ2n) is 4.87. The predicted molar refractivity (Wildman–Crippen MR) is 73.4 cm³/mol. The van der Waals surface area contributed by atoms with E-state index >= 15 is 0 Å². The molecule has 0 aliphatic carbocycles. The van der Waals surface area contributed by atoms with E-state index in [-0.39, 0.29) is 10.8 Å². The molecular formula is C14H20ClFN2. The Bertz CT molecular complexity index is 391. The molecule has 1 atom stereocenters. The first-order valence-electron chi connectivity index (χ1n) is 6.58. The van der Waals surface area contributed by atoms with E-state index < -0.39 is 0 Å². The van der Waals surface area contributed by atoms with Crippen molar-refractivity contribution in [3.05, 3.63) is 34.6 Å². The highest BCUT2D eigenvalue weighted by molar-refractivity contribution is 6.30. The van der Waals surface area contributed by atoms with Gasteiger partial charge in [-0.05, 0) is 43.6 Å². The summed E-state index contributed by atoms with van der Waals surface area (Å²) in [4.78, 5) is 2.37. The van der Waals surface area contributed by atoms with Gasteiger partial charge in [-0.3, -0.25) is 4.90 Å². The molecule has 0 saturated carbocycles. The average molecular weight is 271 g/mol. The van der Waals surface area contributed by atoms with E-state index in [1.54, 1.807) is 6.07 Å². The SMILES string of the molecule is CCN(Cc1ccc(F)c(Cl)c1)CC1CCCN1. The molecule has 1 aromatic carbocycles. The highest BCUT2D eigenvalue weighted by atomic mass is 35.5. The van der Waals surface area contributed by atoms with Crippen molar-refractivity contribution in [1.82, 2.24) is 10.2 Å². The smallest absolute Gasteiger partial charge is 0.141 e.